The molecule has 0 aromatic heterocycles. The second-order valence-corrected chi connectivity index (χ2v) is 8.18. The predicted molar refractivity (Wildman–Crippen MR) is 123 cm³/mol. The third kappa shape index (κ3) is 6.33. The molecule has 172 valence electrons. The molecule has 0 atom stereocenters. The molecule has 31 heavy (non-hydrogen) atoms. The van der Waals surface area contributed by atoms with Gasteiger partial charge in [-0.25, -0.2) is 0 Å². The third-order valence-corrected chi connectivity index (χ3v) is 6.37. The lowest BCUT2D eigenvalue weighted by Crippen LogP contribution is -2.54. The van der Waals surface area contributed by atoms with E-state index in [4.69, 9.17) is 4.74 Å². The molecule has 2 amide bonds. The number of carbonyl (C=O) groups excluding carboxylic acids is 2. The normalized spacial score (nSPS) is 18.2. The number of likely N-dealkylation sites (N-methyl/N-ethyl adjacent to an activating group) is 1. The van der Waals surface area contributed by atoms with Gasteiger partial charge >= 0.3 is 0 Å². The third-order valence-electron chi connectivity index (χ3n) is 6.37. The Morgan fingerprint density at radius 3 is 1.90 bits per heavy atom. The van der Waals surface area contributed by atoms with E-state index in [2.05, 4.69) is 26.8 Å². The molecule has 8 nitrogen and oxygen atoms in total. The molecule has 0 radical (unpaired) electrons. The Balaban J connectivity index is 1.38. The van der Waals surface area contributed by atoms with Gasteiger partial charge in [0.05, 0.1) is 20.2 Å². The fourth-order valence-corrected chi connectivity index (χ4v) is 4.27. The van der Waals surface area contributed by atoms with Crippen LogP contribution < -0.4 is 9.64 Å². The van der Waals surface area contributed by atoms with Crippen LogP contribution in [0, 0.1) is 0 Å². The largest absolute Gasteiger partial charge is 0.497 e. The summed E-state index contributed by atoms with van der Waals surface area (Å²) in [5.74, 6) is 1.27. The van der Waals surface area contributed by atoms with Crippen LogP contribution in [0.4, 0.5) is 5.69 Å². The number of amides is 2. The van der Waals surface area contributed by atoms with Crippen LogP contribution in [-0.4, -0.2) is 117 Å². The summed E-state index contributed by atoms with van der Waals surface area (Å²) in [7, 11) is 1.67. The van der Waals surface area contributed by atoms with E-state index < -0.39 is 0 Å². The number of rotatable bonds is 8. The van der Waals surface area contributed by atoms with Crippen LogP contribution in [0.2, 0.25) is 0 Å². The molecule has 0 bridgehead atoms. The smallest absolute Gasteiger partial charge is 0.236 e. The first kappa shape index (κ1) is 23.3. The number of hydrogen-bond acceptors (Lipinski definition) is 6. The van der Waals surface area contributed by atoms with Crippen LogP contribution in [0.3, 0.4) is 0 Å². The minimum Gasteiger partial charge on any atom is -0.497 e. The fraction of sp³-hybridized carbons (Fsp3) is 0.652. The molecule has 2 fully saturated rings. The Bertz CT molecular complexity index is 706. The van der Waals surface area contributed by atoms with E-state index in [9.17, 15) is 9.59 Å². The first-order chi connectivity index (χ1) is 15.0. The van der Waals surface area contributed by atoms with Gasteiger partial charge in [0.2, 0.25) is 11.8 Å². The lowest BCUT2D eigenvalue weighted by Gasteiger charge is -2.38. The number of carbonyl (C=O) groups is 2. The summed E-state index contributed by atoms with van der Waals surface area (Å²) in [6, 6.07) is 8.09. The summed E-state index contributed by atoms with van der Waals surface area (Å²) in [5, 5.41) is 0. The van der Waals surface area contributed by atoms with Gasteiger partial charge in [0.15, 0.2) is 0 Å². The zero-order chi connectivity index (χ0) is 22.2. The Hall–Kier alpha value is -2.32. The lowest BCUT2D eigenvalue weighted by molar-refractivity contribution is -0.135. The summed E-state index contributed by atoms with van der Waals surface area (Å²) in [6.45, 7) is 13.1. The van der Waals surface area contributed by atoms with Crippen molar-refractivity contribution in [2.24, 2.45) is 0 Å². The number of ether oxygens (including phenoxy) is 1. The van der Waals surface area contributed by atoms with Crippen molar-refractivity contribution >= 4 is 17.5 Å². The molecule has 1 aromatic carbocycles. The summed E-state index contributed by atoms with van der Waals surface area (Å²) >= 11 is 0. The maximum Gasteiger partial charge on any atom is 0.236 e. The van der Waals surface area contributed by atoms with E-state index in [0.29, 0.717) is 13.1 Å². The van der Waals surface area contributed by atoms with Gasteiger partial charge in [0.25, 0.3) is 0 Å². The highest BCUT2D eigenvalue weighted by Gasteiger charge is 2.26. The monoisotopic (exact) mass is 431 g/mol. The van der Waals surface area contributed by atoms with Crippen molar-refractivity contribution in [3.05, 3.63) is 24.3 Å². The molecule has 1 aromatic rings. The van der Waals surface area contributed by atoms with Crippen LogP contribution in [0.25, 0.3) is 0 Å². The molecule has 2 aliphatic heterocycles. The second-order valence-electron chi connectivity index (χ2n) is 8.18. The van der Waals surface area contributed by atoms with Gasteiger partial charge in [-0.15, -0.1) is 0 Å². The van der Waals surface area contributed by atoms with Crippen molar-refractivity contribution in [3.8, 4) is 5.75 Å². The van der Waals surface area contributed by atoms with Gasteiger partial charge in [0, 0.05) is 71.1 Å². The number of anilines is 1. The van der Waals surface area contributed by atoms with Gasteiger partial charge in [-0.05, 0) is 38.1 Å². The average molecular weight is 432 g/mol. The zero-order valence-electron chi connectivity index (χ0n) is 19.3. The lowest BCUT2D eigenvalue weighted by atomic mass is 10.2. The SMILES string of the molecule is CCN(CC)C(=O)CN1CCN(CC(=O)N2CCN(c3ccc(OC)cc3)CC2)CC1. The van der Waals surface area contributed by atoms with Crippen molar-refractivity contribution in [2.45, 2.75) is 13.8 Å². The van der Waals surface area contributed by atoms with Crippen molar-refractivity contribution in [1.82, 2.24) is 19.6 Å². The van der Waals surface area contributed by atoms with Crippen LogP contribution in [0.1, 0.15) is 13.8 Å². The maximum absolute atomic E-state index is 12.8. The Morgan fingerprint density at radius 2 is 1.39 bits per heavy atom. The van der Waals surface area contributed by atoms with Gasteiger partial charge in [-0.2, -0.15) is 0 Å². The Labute approximate surface area is 186 Å². The van der Waals surface area contributed by atoms with E-state index in [0.717, 1.165) is 71.2 Å². The van der Waals surface area contributed by atoms with Gasteiger partial charge < -0.3 is 19.4 Å². The van der Waals surface area contributed by atoms with Crippen molar-refractivity contribution in [2.75, 3.05) is 90.5 Å². The van der Waals surface area contributed by atoms with Crippen LogP contribution in [-0.2, 0) is 9.59 Å². The highest BCUT2D eigenvalue weighted by molar-refractivity contribution is 5.79. The molecule has 0 N–H and O–H groups in total. The summed E-state index contributed by atoms with van der Waals surface area (Å²) < 4.78 is 5.23. The number of hydrogen-bond donors (Lipinski definition) is 0. The molecule has 0 unspecified atom stereocenters. The molecule has 0 saturated carbocycles. The number of nitrogens with zero attached hydrogens (tertiary/aromatic N) is 5. The minimum atomic E-state index is 0.198. The topological polar surface area (TPSA) is 59.6 Å². The molecular formula is C23H37N5O3. The standard InChI is InChI=1S/C23H37N5O3/c1-4-26(5-2)22(29)18-24-10-12-25(13-11-24)19-23(30)28-16-14-27(15-17-28)20-6-8-21(31-3)9-7-20/h6-9H,4-5,10-19H2,1-3H3. The molecule has 2 heterocycles. The van der Waals surface area contributed by atoms with Crippen LogP contribution in [0.5, 0.6) is 5.75 Å². The number of methoxy groups -OCH3 is 1. The first-order valence-corrected chi connectivity index (χ1v) is 11.4. The van der Waals surface area contributed by atoms with E-state index in [1.807, 2.05) is 35.8 Å². The Kier molecular flexibility index (Phi) is 8.54. The molecule has 0 aliphatic carbocycles. The summed E-state index contributed by atoms with van der Waals surface area (Å²) in [5.41, 5.74) is 1.17. The minimum absolute atomic E-state index is 0.198. The van der Waals surface area contributed by atoms with E-state index in [1.165, 1.54) is 5.69 Å². The molecule has 3 rings (SSSR count). The Morgan fingerprint density at radius 1 is 0.839 bits per heavy atom. The quantitative estimate of drug-likeness (QED) is 0.608. The van der Waals surface area contributed by atoms with Gasteiger partial charge in [-0.1, -0.05) is 0 Å². The van der Waals surface area contributed by atoms with Crippen molar-refractivity contribution in [3.63, 3.8) is 0 Å². The average Bonchev–Trinajstić information content (AvgIpc) is 2.81. The number of benzene rings is 1. The predicted octanol–water partition coefficient (Wildman–Crippen LogP) is 0.830. The number of piperazine rings is 2. The van der Waals surface area contributed by atoms with E-state index in [-0.39, 0.29) is 11.8 Å². The van der Waals surface area contributed by atoms with E-state index >= 15 is 0 Å². The van der Waals surface area contributed by atoms with Crippen LogP contribution >= 0.6 is 0 Å². The van der Waals surface area contributed by atoms with Crippen molar-refractivity contribution < 1.29 is 14.3 Å². The summed E-state index contributed by atoms with van der Waals surface area (Å²) in [4.78, 5) is 35.7. The molecule has 8 heteroatoms. The molecule has 2 aliphatic rings. The molecular weight excluding hydrogens is 394 g/mol. The van der Waals surface area contributed by atoms with Crippen molar-refractivity contribution in [1.29, 1.82) is 0 Å². The van der Waals surface area contributed by atoms with Gasteiger partial charge in [-0.3, -0.25) is 19.4 Å². The highest BCUT2D eigenvalue weighted by atomic mass is 16.5. The highest BCUT2D eigenvalue weighted by Crippen LogP contribution is 2.20. The maximum atomic E-state index is 12.8. The van der Waals surface area contributed by atoms with E-state index in [1.54, 1.807) is 7.11 Å². The summed E-state index contributed by atoms with van der Waals surface area (Å²) in [6.07, 6.45) is 0. The molecule has 2 saturated heterocycles. The first-order valence-electron chi connectivity index (χ1n) is 11.4. The van der Waals surface area contributed by atoms with Crippen LogP contribution in [0.15, 0.2) is 24.3 Å². The second kappa shape index (κ2) is 11.3. The van der Waals surface area contributed by atoms with Gasteiger partial charge in [0.1, 0.15) is 5.75 Å². The zero-order valence-corrected chi connectivity index (χ0v) is 19.3. The fourth-order valence-electron chi connectivity index (χ4n) is 4.27. The molecule has 0 spiro atoms.